The van der Waals surface area contributed by atoms with E-state index in [1.807, 2.05) is 48.5 Å². The lowest BCUT2D eigenvalue weighted by atomic mass is 10.0. The van der Waals surface area contributed by atoms with Gasteiger partial charge >= 0.3 is 0 Å². The molecule has 2 aromatic rings. The molecule has 0 spiro atoms. The number of aromatic nitrogens is 1. The van der Waals surface area contributed by atoms with Crippen molar-refractivity contribution in [3.8, 4) is 0 Å². The van der Waals surface area contributed by atoms with Crippen molar-refractivity contribution in [2.24, 2.45) is 0 Å². The summed E-state index contributed by atoms with van der Waals surface area (Å²) in [5.74, 6) is -0.606. The van der Waals surface area contributed by atoms with Crippen LogP contribution in [0.4, 0.5) is 0 Å². The second-order valence-electron chi connectivity index (χ2n) is 6.25. The molecule has 3 rings (SSSR count). The highest BCUT2D eigenvalue weighted by Crippen LogP contribution is 2.17. The average molecular weight is 351 g/mol. The summed E-state index contributed by atoms with van der Waals surface area (Å²) in [5.41, 5.74) is 1.87. The number of benzene rings is 1. The summed E-state index contributed by atoms with van der Waals surface area (Å²) < 4.78 is 0. The third kappa shape index (κ3) is 4.53. The van der Waals surface area contributed by atoms with Crippen LogP contribution in [0.2, 0.25) is 0 Å². The molecule has 134 valence electrons. The molecule has 1 aliphatic rings. The van der Waals surface area contributed by atoms with E-state index in [1.165, 1.54) is 4.90 Å². The van der Waals surface area contributed by atoms with E-state index in [4.69, 9.17) is 0 Å². The van der Waals surface area contributed by atoms with Gasteiger partial charge in [0.05, 0.1) is 11.7 Å². The van der Waals surface area contributed by atoms with Crippen LogP contribution in [0.25, 0.3) is 0 Å². The molecular weight excluding hydrogens is 330 g/mol. The van der Waals surface area contributed by atoms with Crippen molar-refractivity contribution in [2.45, 2.75) is 31.7 Å². The highest BCUT2D eigenvalue weighted by atomic mass is 16.2. The predicted octanol–water partition coefficient (Wildman–Crippen LogP) is 2.02. The minimum absolute atomic E-state index is 0.0929. The van der Waals surface area contributed by atoms with Gasteiger partial charge in [0.2, 0.25) is 17.7 Å². The lowest BCUT2D eigenvalue weighted by molar-refractivity contribution is -0.138. The van der Waals surface area contributed by atoms with Crippen LogP contribution in [0.1, 0.15) is 36.6 Å². The Kier molecular flexibility index (Phi) is 5.73. The number of hydrogen-bond donors (Lipinski definition) is 1. The van der Waals surface area contributed by atoms with E-state index < -0.39 is 0 Å². The first-order chi connectivity index (χ1) is 12.6. The number of likely N-dealkylation sites (tertiary alicyclic amines) is 1. The summed E-state index contributed by atoms with van der Waals surface area (Å²) >= 11 is 0. The van der Waals surface area contributed by atoms with Gasteiger partial charge in [-0.15, -0.1) is 0 Å². The first-order valence-corrected chi connectivity index (χ1v) is 8.71. The van der Waals surface area contributed by atoms with Gasteiger partial charge in [-0.05, 0) is 24.1 Å². The molecule has 3 amide bonds. The van der Waals surface area contributed by atoms with Gasteiger partial charge in [0, 0.05) is 32.0 Å². The van der Waals surface area contributed by atoms with Crippen molar-refractivity contribution in [3.05, 3.63) is 66.0 Å². The molecule has 0 bridgehead atoms. The van der Waals surface area contributed by atoms with Gasteiger partial charge in [-0.1, -0.05) is 36.4 Å². The maximum Gasteiger partial charge on any atom is 0.229 e. The van der Waals surface area contributed by atoms with Gasteiger partial charge in [-0.3, -0.25) is 24.3 Å². The van der Waals surface area contributed by atoms with Gasteiger partial charge in [0.15, 0.2) is 0 Å². The quantitative estimate of drug-likeness (QED) is 0.774. The molecule has 0 aliphatic carbocycles. The molecule has 1 saturated heterocycles. The molecular formula is C20H21N3O3. The molecule has 1 aromatic carbocycles. The Morgan fingerprint density at radius 3 is 2.38 bits per heavy atom. The Hall–Kier alpha value is -3.02. The fourth-order valence-corrected chi connectivity index (χ4v) is 3.01. The summed E-state index contributed by atoms with van der Waals surface area (Å²) in [6, 6.07) is 15.2. The number of pyridine rings is 1. The molecule has 1 atom stereocenters. The van der Waals surface area contributed by atoms with Gasteiger partial charge in [0.25, 0.3) is 0 Å². The number of nitrogens with one attached hydrogen (secondary N) is 1. The third-order valence-electron chi connectivity index (χ3n) is 4.38. The maximum absolute atomic E-state index is 12.4. The fourth-order valence-electron chi connectivity index (χ4n) is 3.01. The molecule has 6 nitrogen and oxygen atoms in total. The number of hydrogen-bond acceptors (Lipinski definition) is 4. The van der Waals surface area contributed by atoms with E-state index in [0.29, 0.717) is 6.42 Å². The third-order valence-corrected chi connectivity index (χ3v) is 4.38. The van der Waals surface area contributed by atoms with Crippen LogP contribution in [-0.4, -0.2) is 34.2 Å². The van der Waals surface area contributed by atoms with Crippen LogP contribution in [0.3, 0.4) is 0 Å². The van der Waals surface area contributed by atoms with Crippen molar-refractivity contribution in [1.82, 2.24) is 15.2 Å². The Morgan fingerprint density at radius 2 is 1.73 bits per heavy atom. The molecule has 1 N–H and O–H groups in total. The standard InChI is InChI=1S/C20H21N3O3/c24-18(11-13-23-19(25)9-10-20(23)26)22-17(16-8-4-5-12-21-16)14-15-6-2-1-3-7-15/h1-8,12,17H,9-11,13-14H2,(H,22,24). The largest absolute Gasteiger partial charge is 0.347 e. The van der Waals surface area contributed by atoms with Crippen molar-refractivity contribution in [1.29, 1.82) is 0 Å². The van der Waals surface area contributed by atoms with Gasteiger partial charge in [-0.2, -0.15) is 0 Å². The highest BCUT2D eigenvalue weighted by Gasteiger charge is 2.29. The van der Waals surface area contributed by atoms with Crippen LogP contribution < -0.4 is 5.32 Å². The SMILES string of the molecule is O=C(CCN1C(=O)CCC1=O)NC(Cc1ccccc1)c1ccccn1. The highest BCUT2D eigenvalue weighted by molar-refractivity contribution is 6.02. The fraction of sp³-hybridized carbons (Fsp3) is 0.300. The molecule has 1 aliphatic heterocycles. The first-order valence-electron chi connectivity index (χ1n) is 8.71. The molecule has 1 unspecified atom stereocenters. The zero-order valence-electron chi connectivity index (χ0n) is 14.4. The Labute approximate surface area is 152 Å². The topological polar surface area (TPSA) is 79.4 Å². The van der Waals surface area contributed by atoms with Gasteiger partial charge in [0.1, 0.15) is 0 Å². The van der Waals surface area contributed by atoms with E-state index >= 15 is 0 Å². The summed E-state index contributed by atoms with van der Waals surface area (Å²) in [6.45, 7) is 0.129. The van der Waals surface area contributed by atoms with Gasteiger partial charge < -0.3 is 5.32 Å². The Balaban J connectivity index is 1.64. The summed E-state index contributed by atoms with van der Waals surface area (Å²) in [4.78, 5) is 41.2. The zero-order chi connectivity index (χ0) is 18.4. The van der Waals surface area contributed by atoms with E-state index in [2.05, 4.69) is 10.3 Å². The monoisotopic (exact) mass is 351 g/mol. The van der Waals surface area contributed by atoms with Crippen LogP contribution in [0.15, 0.2) is 54.7 Å². The Bertz CT molecular complexity index is 761. The molecule has 26 heavy (non-hydrogen) atoms. The number of rotatable bonds is 7. The van der Waals surface area contributed by atoms with Crippen molar-refractivity contribution < 1.29 is 14.4 Å². The predicted molar refractivity (Wildman–Crippen MR) is 95.8 cm³/mol. The van der Waals surface area contributed by atoms with E-state index in [0.717, 1.165) is 11.3 Å². The van der Waals surface area contributed by atoms with Crippen molar-refractivity contribution in [2.75, 3.05) is 6.54 Å². The van der Waals surface area contributed by atoms with Gasteiger partial charge in [-0.25, -0.2) is 0 Å². The van der Waals surface area contributed by atoms with Crippen LogP contribution >= 0.6 is 0 Å². The van der Waals surface area contributed by atoms with E-state index in [-0.39, 0.29) is 49.6 Å². The summed E-state index contributed by atoms with van der Waals surface area (Å²) in [5, 5.41) is 2.98. The van der Waals surface area contributed by atoms with Crippen LogP contribution in [-0.2, 0) is 20.8 Å². The number of amides is 3. The number of imide groups is 1. The normalized spacial score (nSPS) is 15.2. The molecule has 0 saturated carbocycles. The number of carbonyl (C=O) groups is 3. The second-order valence-corrected chi connectivity index (χ2v) is 6.25. The molecule has 0 radical (unpaired) electrons. The van der Waals surface area contributed by atoms with E-state index in [9.17, 15) is 14.4 Å². The van der Waals surface area contributed by atoms with Crippen molar-refractivity contribution >= 4 is 17.7 Å². The second kappa shape index (κ2) is 8.38. The average Bonchev–Trinajstić information content (AvgIpc) is 2.99. The number of carbonyl (C=O) groups excluding carboxylic acids is 3. The maximum atomic E-state index is 12.4. The smallest absolute Gasteiger partial charge is 0.229 e. The molecule has 2 heterocycles. The zero-order valence-corrected chi connectivity index (χ0v) is 14.4. The molecule has 6 heteroatoms. The summed E-state index contributed by atoms with van der Waals surface area (Å²) in [6.07, 6.45) is 2.89. The van der Waals surface area contributed by atoms with E-state index in [1.54, 1.807) is 6.20 Å². The number of nitrogens with zero attached hydrogens (tertiary/aromatic N) is 2. The van der Waals surface area contributed by atoms with Crippen molar-refractivity contribution in [3.63, 3.8) is 0 Å². The minimum Gasteiger partial charge on any atom is -0.347 e. The Morgan fingerprint density at radius 1 is 1.04 bits per heavy atom. The first kappa shape index (κ1) is 17.8. The van der Waals surface area contributed by atoms with Crippen LogP contribution in [0, 0.1) is 0 Å². The minimum atomic E-state index is -0.268. The molecule has 1 fully saturated rings. The summed E-state index contributed by atoms with van der Waals surface area (Å²) in [7, 11) is 0. The lowest BCUT2D eigenvalue weighted by Crippen LogP contribution is -2.36. The lowest BCUT2D eigenvalue weighted by Gasteiger charge is -2.20. The van der Waals surface area contributed by atoms with Crippen LogP contribution in [0.5, 0.6) is 0 Å². The molecule has 1 aromatic heterocycles.